The molecule has 66 heavy (non-hydrogen) atoms. The number of carbonyl (C=O) groups is 2. The molecule has 0 fully saturated rings. The summed E-state index contributed by atoms with van der Waals surface area (Å²) in [5, 5.41) is 3.00. The average molecular weight is 948 g/mol. The number of esters is 1. The number of unbranched alkanes of at least 4 members (excludes halogenated alkanes) is 24. The van der Waals surface area contributed by atoms with Crippen LogP contribution >= 0.6 is 7.82 Å². The summed E-state index contributed by atoms with van der Waals surface area (Å²) in [5.41, 5.74) is 0. The molecule has 0 aromatic heterocycles. The summed E-state index contributed by atoms with van der Waals surface area (Å²) in [6.45, 7) is 6.84. The minimum Gasteiger partial charge on any atom is -0.456 e. The SMILES string of the molecule is CC/C=C/C/C=C/CCCCCCCCCC(=O)OC(/C=C/CCCCCCCCCCCCC)C(COP(=O)(O)OCC[N+](C)(C)C)NC(=O)CC/C=C/C/C=C\CCCCCCCC. The molecule has 0 saturated carbocycles. The Labute approximate surface area is 407 Å². The molecule has 0 heterocycles. The Morgan fingerprint density at radius 1 is 0.545 bits per heavy atom. The van der Waals surface area contributed by atoms with Crippen LogP contribution in [0.4, 0.5) is 0 Å². The topological polar surface area (TPSA) is 111 Å². The second kappa shape index (κ2) is 46.4. The first-order valence-corrected chi connectivity index (χ1v) is 28.6. The summed E-state index contributed by atoms with van der Waals surface area (Å²) in [4.78, 5) is 37.4. The predicted octanol–water partition coefficient (Wildman–Crippen LogP) is 15.9. The molecule has 0 aromatic carbocycles. The number of rotatable bonds is 48. The van der Waals surface area contributed by atoms with Crippen molar-refractivity contribution in [2.24, 2.45) is 0 Å². The second-order valence-corrected chi connectivity index (χ2v) is 20.8. The molecular weight excluding hydrogens is 844 g/mol. The van der Waals surface area contributed by atoms with Gasteiger partial charge in [0.25, 0.3) is 0 Å². The first-order valence-electron chi connectivity index (χ1n) is 27.1. The lowest BCUT2D eigenvalue weighted by Crippen LogP contribution is -2.47. The molecule has 9 nitrogen and oxygen atoms in total. The van der Waals surface area contributed by atoms with Gasteiger partial charge >= 0.3 is 13.8 Å². The first kappa shape index (κ1) is 63.7. The molecule has 2 N–H and O–H groups in total. The van der Waals surface area contributed by atoms with E-state index in [0.29, 0.717) is 17.4 Å². The predicted molar refractivity (Wildman–Crippen MR) is 282 cm³/mol. The summed E-state index contributed by atoms with van der Waals surface area (Å²) < 4.78 is 30.5. The Morgan fingerprint density at radius 3 is 1.47 bits per heavy atom. The number of nitrogens with one attached hydrogen (secondary N) is 1. The van der Waals surface area contributed by atoms with Crippen molar-refractivity contribution in [3.05, 3.63) is 60.8 Å². The van der Waals surface area contributed by atoms with Crippen LogP contribution in [0.25, 0.3) is 0 Å². The zero-order chi connectivity index (χ0) is 48.7. The smallest absolute Gasteiger partial charge is 0.456 e. The maximum absolute atomic E-state index is 13.4. The maximum Gasteiger partial charge on any atom is 0.472 e. The molecule has 10 heteroatoms. The van der Waals surface area contributed by atoms with Crippen LogP contribution in [-0.4, -0.2) is 74.3 Å². The monoisotopic (exact) mass is 948 g/mol. The number of hydrogen-bond acceptors (Lipinski definition) is 6. The summed E-state index contributed by atoms with van der Waals surface area (Å²) >= 11 is 0. The Hall–Kier alpha value is -2.29. The van der Waals surface area contributed by atoms with Gasteiger partial charge in [0.05, 0.1) is 33.8 Å². The molecule has 0 aliphatic heterocycles. The molecule has 3 atom stereocenters. The van der Waals surface area contributed by atoms with Crippen LogP contribution in [0.15, 0.2) is 60.8 Å². The van der Waals surface area contributed by atoms with E-state index < -0.39 is 20.0 Å². The number of phosphoric ester groups is 1. The largest absolute Gasteiger partial charge is 0.472 e. The fourth-order valence-electron chi connectivity index (χ4n) is 7.50. The number of quaternary nitrogens is 1. The molecule has 0 spiro atoms. The number of carbonyl (C=O) groups excluding carboxylic acids is 2. The van der Waals surface area contributed by atoms with E-state index in [1.165, 1.54) is 116 Å². The van der Waals surface area contributed by atoms with E-state index in [9.17, 15) is 19.0 Å². The summed E-state index contributed by atoms with van der Waals surface area (Å²) in [6, 6.07) is -0.881. The van der Waals surface area contributed by atoms with Gasteiger partial charge in [0, 0.05) is 12.8 Å². The highest BCUT2D eigenvalue weighted by atomic mass is 31.2. The third-order valence-corrected chi connectivity index (χ3v) is 12.7. The number of ether oxygens (including phenoxy) is 1. The van der Waals surface area contributed by atoms with Gasteiger partial charge in [-0.2, -0.15) is 0 Å². The third kappa shape index (κ3) is 46.8. The quantitative estimate of drug-likeness (QED) is 0.0205. The Bertz CT molecular complexity index is 1320. The average Bonchev–Trinajstić information content (AvgIpc) is 3.27. The standard InChI is InChI=1S/C56H103N2O7P/c1-7-10-13-16-19-22-25-28-31-34-37-40-43-46-49-56(60)65-54(47-44-41-38-35-32-29-26-23-20-17-14-11-8-2)53(52-64-66(61,62)63-51-50-58(4,5)6)57-55(59)48-45-42-39-36-33-30-27-24-21-18-15-12-9-3/h10,13,19,22,30,33,39,42,44,47,53-54H,7-9,11-12,14-18,20-21,23-29,31-32,34-38,40-41,43,45-46,48-52H2,1-6H3,(H-,57,59,61,62)/p+1/b13-10+,22-19+,33-30-,42-39+,47-44+. The number of phosphoric acid groups is 1. The van der Waals surface area contributed by atoms with Crippen molar-refractivity contribution in [3.8, 4) is 0 Å². The van der Waals surface area contributed by atoms with Crippen LogP contribution in [0.1, 0.15) is 233 Å². The van der Waals surface area contributed by atoms with E-state index in [1.54, 1.807) is 0 Å². The van der Waals surface area contributed by atoms with Crippen LogP contribution in [-0.2, 0) is 27.9 Å². The first-order chi connectivity index (χ1) is 31.9. The maximum atomic E-state index is 13.4. The second-order valence-electron chi connectivity index (χ2n) is 19.4. The van der Waals surface area contributed by atoms with Crippen molar-refractivity contribution in [2.45, 2.75) is 245 Å². The van der Waals surface area contributed by atoms with Crippen molar-refractivity contribution in [2.75, 3.05) is 40.9 Å². The normalized spacial score (nSPS) is 14.3. The van der Waals surface area contributed by atoms with Gasteiger partial charge < -0.3 is 19.4 Å². The highest BCUT2D eigenvalue weighted by Gasteiger charge is 2.30. The minimum absolute atomic E-state index is 0.0285. The zero-order valence-corrected chi connectivity index (χ0v) is 44.6. The van der Waals surface area contributed by atoms with Gasteiger partial charge in [-0.15, -0.1) is 0 Å². The summed E-state index contributed by atoms with van der Waals surface area (Å²) in [5.74, 6) is -0.594. The van der Waals surface area contributed by atoms with E-state index in [-0.39, 0.29) is 37.9 Å². The molecule has 384 valence electrons. The summed E-state index contributed by atoms with van der Waals surface area (Å²) in [6.07, 6.45) is 56.6. The fourth-order valence-corrected chi connectivity index (χ4v) is 8.23. The number of amides is 1. The van der Waals surface area contributed by atoms with Crippen LogP contribution in [0.3, 0.4) is 0 Å². The van der Waals surface area contributed by atoms with E-state index >= 15 is 0 Å². The van der Waals surface area contributed by atoms with Crippen LogP contribution in [0.5, 0.6) is 0 Å². The minimum atomic E-state index is -4.46. The van der Waals surface area contributed by atoms with Gasteiger partial charge in [0.2, 0.25) is 5.91 Å². The number of hydrogen-bond donors (Lipinski definition) is 2. The Morgan fingerprint density at radius 2 is 0.985 bits per heavy atom. The molecule has 0 radical (unpaired) electrons. The van der Waals surface area contributed by atoms with Crippen molar-refractivity contribution in [1.29, 1.82) is 0 Å². The number of allylic oxidation sites excluding steroid dienone is 9. The Balaban J connectivity index is 5.50. The van der Waals surface area contributed by atoms with E-state index in [2.05, 4.69) is 68.6 Å². The lowest BCUT2D eigenvalue weighted by molar-refractivity contribution is -0.870. The lowest BCUT2D eigenvalue weighted by Gasteiger charge is -2.27. The van der Waals surface area contributed by atoms with E-state index in [0.717, 1.165) is 77.0 Å². The molecule has 0 aliphatic carbocycles. The molecular formula is C56H104N2O7P+. The van der Waals surface area contributed by atoms with E-state index in [1.807, 2.05) is 39.4 Å². The molecule has 0 saturated heterocycles. The molecule has 3 unspecified atom stereocenters. The molecule has 0 rings (SSSR count). The highest BCUT2D eigenvalue weighted by Crippen LogP contribution is 2.43. The van der Waals surface area contributed by atoms with Gasteiger partial charge in [-0.1, -0.05) is 204 Å². The fraction of sp³-hybridized carbons (Fsp3) is 0.786. The van der Waals surface area contributed by atoms with Gasteiger partial charge in [0.15, 0.2) is 0 Å². The van der Waals surface area contributed by atoms with Crippen molar-refractivity contribution in [3.63, 3.8) is 0 Å². The Kier molecular flexibility index (Phi) is 44.8. The lowest BCUT2D eigenvalue weighted by atomic mass is 10.0. The van der Waals surface area contributed by atoms with Crippen LogP contribution < -0.4 is 5.32 Å². The third-order valence-electron chi connectivity index (χ3n) is 11.7. The van der Waals surface area contributed by atoms with Crippen LogP contribution in [0.2, 0.25) is 0 Å². The molecule has 0 bridgehead atoms. The van der Waals surface area contributed by atoms with Gasteiger partial charge in [-0.05, 0) is 76.7 Å². The van der Waals surface area contributed by atoms with Crippen molar-refractivity contribution in [1.82, 2.24) is 5.32 Å². The van der Waals surface area contributed by atoms with Gasteiger partial charge in [0.1, 0.15) is 19.3 Å². The van der Waals surface area contributed by atoms with Crippen molar-refractivity contribution >= 4 is 19.7 Å². The van der Waals surface area contributed by atoms with Crippen molar-refractivity contribution < 1.29 is 37.3 Å². The zero-order valence-electron chi connectivity index (χ0n) is 43.7. The molecule has 0 aliphatic rings. The molecule has 1 amide bonds. The summed E-state index contributed by atoms with van der Waals surface area (Å²) in [7, 11) is 1.46. The highest BCUT2D eigenvalue weighted by molar-refractivity contribution is 7.47. The van der Waals surface area contributed by atoms with Gasteiger partial charge in [-0.25, -0.2) is 4.57 Å². The van der Waals surface area contributed by atoms with E-state index in [4.69, 9.17) is 13.8 Å². The number of likely N-dealkylation sites (N-methyl/N-ethyl adjacent to an activating group) is 1. The van der Waals surface area contributed by atoms with Gasteiger partial charge in [-0.3, -0.25) is 18.6 Å². The number of nitrogens with zero attached hydrogens (tertiary/aromatic N) is 1. The molecule has 0 aromatic rings. The van der Waals surface area contributed by atoms with Crippen LogP contribution in [0, 0.1) is 0 Å².